The minimum absolute atomic E-state index is 0.259. The number of anilines is 3. The number of benzene rings is 2. The number of aryl methyl sites for hydroxylation is 3. The molecule has 0 saturated heterocycles. The number of hydrogen-bond donors (Lipinski definition) is 3. The molecule has 0 aliphatic rings. The number of thiazole rings is 1. The number of hydrogen-bond acceptors (Lipinski definition) is 4. The molecule has 28 heavy (non-hydrogen) atoms. The van der Waals surface area contributed by atoms with Crippen LogP contribution < -0.4 is 16.0 Å². The van der Waals surface area contributed by atoms with E-state index in [1.807, 2.05) is 32.0 Å². The van der Waals surface area contributed by atoms with Crippen LogP contribution in [0.25, 0.3) is 0 Å². The Hall–Kier alpha value is -2.90. The van der Waals surface area contributed by atoms with Crippen LogP contribution in [0.15, 0.2) is 42.5 Å². The first kappa shape index (κ1) is 19.9. The molecule has 0 radical (unpaired) electrons. The maximum Gasteiger partial charge on any atom is 0.325 e. The molecule has 3 amide bonds. The summed E-state index contributed by atoms with van der Waals surface area (Å²) in [6, 6.07) is 12.2. The molecule has 0 spiro atoms. The molecular weight excluding hydrogens is 396 g/mol. The van der Waals surface area contributed by atoms with E-state index in [1.54, 1.807) is 31.2 Å². The van der Waals surface area contributed by atoms with Crippen molar-refractivity contribution in [2.45, 2.75) is 20.8 Å². The van der Waals surface area contributed by atoms with Crippen LogP contribution in [0.1, 0.15) is 26.5 Å². The summed E-state index contributed by atoms with van der Waals surface area (Å²) in [5.41, 5.74) is 3.96. The summed E-state index contributed by atoms with van der Waals surface area (Å²) in [5, 5.41) is 9.07. The van der Waals surface area contributed by atoms with Crippen LogP contribution in [0.4, 0.5) is 21.3 Å². The zero-order valence-corrected chi connectivity index (χ0v) is 17.2. The van der Waals surface area contributed by atoms with E-state index in [4.69, 9.17) is 11.6 Å². The third kappa shape index (κ3) is 4.88. The standard InChI is InChI=1S/C20H19ClN4O2S/c1-11-7-8-16(12(2)9-11)24-18(26)17-13(3)22-20(28-17)25-19(27)23-15-6-4-5-14(21)10-15/h4-10H,1-3H3,(H,24,26)(H2,22,23,25,27). The average molecular weight is 415 g/mol. The van der Waals surface area contributed by atoms with Crippen LogP contribution >= 0.6 is 22.9 Å². The number of halogens is 1. The molecule has 0 aliphatic heterocycles. The molecule has 8 heteroatoms. The Morgan fingerprint density at radius 3 is 2.50 bits per heavy atom. The van der Waals surface area contributed by atoms with Crippen molar-refractivity contribution >= 4 is 51.4 Å². The van der Waals surface area contributed by atoms with Gasteiger partial charge in [-0.2, -0.15) is 0 Å². The van der Waals surface area contributed by atoms with Gasteiger partial charge >= 0.3 is 6.03 Å². The third-order valence-electron chi connectivity index (χ3n) is 3.94. The molecule has 0 fully saturated rings. The molecule has 0 unspecified atom stereocenters. The molecular formula is C20H19ClN4O2S. The second kappa shape index (κ2) is 8.41. The van der Waals surface area contributed by atoms with Crippen molar-refractivity contribution in [1.29, 1.82) is 0 Å². The van der Waals surface area contributed by atoms with Crippen LogP contribution in [0.2, 0.25) is 5.02 Å². The Morgan fingerprint density at radius 2 is 1.79 bits per heavy atom. The first-order valence-corrected chi connectivity index (χ1v) is 9.71. The number of carbonyl (C=O) groups is 2. The monoisotopic (exact) mass is 414 g/mol. The van der Waals surface area contributed by atoms with E-state index in [0.29, 0.717) is 26.4 Å². The van der Waals surface area contributed by atoms with E-state index in [2.05, 4.69) is 20.9 Å². The number of urea groups is 1. The van der Waals surface area contributed by atoms with Crippen LogP contribution in [0.5, 0.6) is 0 Å². The van der Waals surface area contributed by atoms with Crippen LogP contribution in [0.3, 0.4) is 0 Å². The van der Waals surface area contributed by atoms with Crippen LogP contribution in [0, 0.1) is 20.8 Å². The topological polar surface area (TPSA) is 83.1 Å². The zero-order valence-electron chi connectivity index (χ0n) is 15.6. The van der Waals surface area contributed by atoms with Crippen molar-refractivity contribution in [3.05, 3.63) is 69.2 Å². The number of nitrogens with zero attached hydrogens (tertiary/aromatic N) is 1. The number of aromatic nitrogens is 1. The fourth-order valence-electron chi connectivity index (χ4n) is 2.62. The van der Waals surface area contributed by atoms with E-state index in [9.17, 15) is 9.59 Å². The van der Waals surface area contributed by atoms with Gasteiger partial charge in [0.2, 0.25) is 0 Å². The summed E-state index contributed by atoms with van der Waals surface area (Å²) in [6.45, 7) is 5.67. The summed E-state index contributed by atoms with van der Waals surface area (Å²) < 4.78 is 0. The van der Waals surface area contributed by atoms with Gasteiger partial charge in [0.25, 0.3) is 5.91 Å². The van der Waals surface area contributed by atoms with Gasteiger partial charge in [-0.25, -0.2) is 9.78 Å². The highest BCUT2D eigenvalue weighted by atomic mass is 35.5. The van der Waals surface area contributed by atoms with Crippen molar-refractivity contribution in [3.8, 4) is 0 Å². The molecule has 1 aromatic heterocycles. The number of amides is 3. The zero-order chi connectivity index (χ0) is 20.3. The summed E-state index contributed by atoms with van der Waals surface area (Å²) in [4.78, 5) is 29.5. The molecule has 6 nitrogen and oxygen atoms in total. The normalized spacial score (nSPS) is 10.4. The van der Waals surface area contributed by atoms with Crippen molar-refractivity contribution in [2.75, 3.05) is 16.0 Å². The molecule has 0 atom stereocenters. The fraction of sp³-hybridized carbons (Fsp3) is 0.150. The maximum atomic E-state index is 12.6. The second-order valence-corrected chi connectivity index (χ2v) is 7.73. The predicted molar refractivity (Wildman–Crippen MR) is 115 cm³/mol. The Kier molecular flexibility index (Phi) is 5.96. The Morgan fingerprint density at radius 1 is 1.00 bits per heavy atom. The quantitative estimate of drug-likeness (QED) is 0.518. The minimum Gasteiger partial charge on any atom is -0.321 e. The number of nitrogens with one attached hydrogen (secondary N) is 3. The molecule has 0 bridgehead atoms. The highest BCUT2D eigenvalue weighted by Crippen LogP contribution is 2.25. The lowest BCUT2D eigenvalue weighted by atomic mass is 10.1. The largest absolute Gasteiger partial charge is 0.325 e. The lowest BCUT2D eigenvalue weighted by Gasteiger charge is -2.08. The SMILES string of the molecule is Cc1ccc(NC(=O)c2sc(NC(=O)Nc3cccc(Cl)c3)nc2C)c(C)c1. The van der Waals surface area contributed by atoms with Gasteiger partial charge in [0, 0.05) is 16.4 Å². The molecule has 0 saturated carbocycles. The van der Waals surface area contributed by atoms with Crippen molar-refractivity contribution < 1.29 is 9.59 Å². The lowest BCUT2D eigenvalue weighted by Crippen LogP contribution is -2.19. The van der Waals surface area contributed by atoms with Gasteiger partial charge in [-0.1, -0.05) is 46.7 Å². The molecule has 0 aliphatic carbocycles. The van der Waals surface area contributed by atoms with Gasteiger partial charge in [-0.15, -0.1) is 0 Å². The lowest BCUT2D eigenvalue weighted by molar-refractivity contribution is 0.102. The molecule has 1 heterocycles. The van der Waals surface area contributed by atoms with E-state index in [1.165, 1.54) is 0 Å². The summed E-state index contributed by atoms with van der Waals surface area (Å²) in [6.07, 6.45) is 0. The van der Waals surface area contributed by atoms with Gasteiger partial charge in [0.05, 0.1) is 5.69 Å². The Labute approximate surface area is 172 Å². The van der Waals surface area contributed by atoms with Gasteiger partial charge < -0.3 is 10.6 Å². The average Bonchev–Trinajstić information content (AvgIpc) is 2.97. The first-order valence-electron chi connectivity index (χ1n) is 8.51. The maximum absolute atomic E-state index is 12.6. The van der Waals surface area contributed by atoms with E-state index < -0.39 is 6.03 Å². The van der Waals surface area contributed by atoms with Crippen molar-refractivity contribution in [1.82, 2.24) is 4.98 Å². The molecule has 3 rings (SSSR count). The summed E-state index contributed by atoms with van der Waals surface area (Å²) in [5.74, 6) is -0.259. The summed E-state index contributed by atoms with van der Waals surface area (Å²) >= 11 is 7.02. The number of rotatable bonds is 4. The van der Waals surface area contributed by atoms with Gasteiger partial charge in [-0.05, 0) is 50.6 Å². The molecule has 3 aromatic rings. The molecule has 144 valence electrons. The van der Waals surface area contributed by atoms with Crippen molar-refractivity contribution in [3.63, 3.8) is 0 Å². The number of carbonyl (C=O) groups excluding carboxylic acids is 2. The Balaban J connectivity index is 1.68. The Bertz CT molecular complexity index is 1050. The van der Waals surface area contributed by atoms with Crippen LogP contribution in [-0.4, -0.2) is 16.9 Å². The van der Waals surface area contributed by atoms with Gasteiger partial charge in [0.15, 0.2) is 5.13 Å². The summed E-state index contributed by atoms with van der Waals surface area (Å²) in [7, 11) is 0. The van der Waals surface area contributed by atoms with Gasteiger partial charge in [0.1, 0.15) is 4.88 Å². The highest BCUT2D eigenvalue weighted by Gasteiger charge is 2.17. The van der Waals surface area contributed by atoms with Crippen LogP contribution in [-0.2, 0) is 0 Å². The second-order valence-electron chi connectivity index (χ2n) is 6.30. The third-order valence-corrected chi connectivity index (χ3v) is 5.24. The molecule has 3 N–H and O–H groups in total. The van der Waals surface area contributed by atoms with E-state index in [-0.39, 0.29) is 5.91 Å². The van der Waals surface area contributed by atoms with Crippen molar-refractivity contribution in [2.24, 2.45) is 0 Å². The first-order chi connectivity index (χ1) is 13.3. The predicted octanol–water partition coefficient (Wildman–Crippen LogP) is 5.62. The van der Waals surface area contributed by atoms with Gasteiger partial charge in [-0.3, -0.25) is 10.1 Å². The highest BCUT2D eigenvalue weighted by molar-refractivity contribution is 7.17. The van der Waals surface area contributed by atoms with E-state index in [0.717, 1.165) is 28.2 Å². The fourth-order valence-corrected chi connectivity index (χ4v) is 3.67. The van der Waals surface area contributed by atoms with E-state index >= 15 is 0 Å². The minimum atomic E-state index is -0.461. The smallest absolute Gasteiger partial charge is 0.321 e. The molecule has 2 aromatic carbocycles.